The van der Waals surface area contributed by atoms with E-state index in [-0.39, 0.29) is 5.75 Å². The molecule has 4 nitrogen and oxygen atoms in total. The van der Waals surface area contributed by atoms with Crippen LogP contribution in [0.15, 0.2) is 11.4 Å². The van der Waals surface area contributed by atoms with Crippen molar-refractivity contribution in [2.24, 2.45) is 11.7 Å². The quantitative estimate of drug-likeness (QED) is 0.814. The van der Waals surface area contributed by atoms with Crippen LogP contribution in [0.2, 0.25) is 0 Å². The molecular formula is C15H22N2O2S2. The maximum absolute atomic E-state index is 12.1. The molecular weight excluding hydrogens is 304 g/mol. The molecule has 0 bridgehead atoms. The average molecular weight is 326 g/mol. The van der Waals surface area contributed by atoms with Crippen molar-refractivity contribution >= 4 is 21.4 Å². The highest BCUT2D eigenvalue weighted by atomic mass is 32.2. The minimum Gasteiger partial charge on any atom is -0.320 e. The Hall–Kier alpha value is -0.870. The fourth-order valence-electron chi connectivity index (χ4n) is 2.60. The molecule has 1 aromatic rings. The van der Waals surface area contributed by atoms with Gasteiger partial charge >= 0.3 is 0 Å². The number of rotatable bonds is 5. The van der Waals surface area contributed by atoms with Crippen molar-refractivity contribution in [1.29, 1.82) is 0 Å². The first-order valence-corrected chi connectivity index (χ1v) is 9.86. The largest absolute Gasteiger partial charge is 0.320 e. The van der Waals surface area contributed by atoms with Gasteiger partial charge in [0, 0.05) is 22.4 Å². The Morgan fingerprint density at radius 3 is 2.81 bits per heavy atom. The predicted octanol–water partition coefficient (Wildman–Crippen LogP) is 2.06. The lowest BCUT2D eigenvalue weighted by atomic mass is 9.91. The number of thiophene rings is 1. The van der Waals surface area contributed by atoms with Gasteiger partial charge in [-0.15, -0.1) is 11.3 Å². The van der Waals surface area contributed by atoms with E-state index < -0.39 is 10.0 Å². The van der Waals surface area contributed by atoms with Gasteiger partial charge in [0.15, 0.2) is 0 Å². The summed E-state index contributed by atoms with van der Waals surface area (Å²) in [6.45, 7) is 0.684. The third kappa shape index (κ3) is 5.79. The molecule has 0 unspecified atom stereocenters. The zero-order chi connectivity index (χ0) is 15.1. The maximum atomic E-state index is 12.1. The molecule has 0 radical (unpaired) electrons. The molecule has 1 saturated carbocycles. The summed E-state index contributed by atoms with van der Waals surface area (Å²) < 4.78 is 26.9. The molecule has 1 aliphatic carbocycles. The molecule has 6 heteroatoms. The second-order valence-corrected chi connectivity index (χ2v) is 8.26. The van der Waals surface area contributed by atoms with Crippen molar-refractivity contribution < 1.29 is 8.42 Å². The number of sulfonamides is 1. The molecule has 1 fully saturated rings. The van der Waals surface area contributed by atoms with Gasteiger partial charge < -0.3 is 5.73 Å². The number of hydrogen-bond donors (Lipinski definition) is 2. The second-order valence-electron chi connectivity index (χ2n) is 5.41. The van der Waals surface area contributed by atoms with Gasteiger partial charge in [0.25, 0.3) is 0 Å². The Labute approximate surface area is 131 Å². The standard InChI is InChI=1S/C15H22N2O2S2/c16-8-4-7-14-9-15(20-11-14)10-17-21(18,19)12-13-5-2-1-3-6-13/h9,11,13,17H,1-3,5-6,8,10,12,16H2. The molecule has 0 amide bonds. The van der Waals surface area contributed by atoms with Gasteiger partial charge in [-0.05, 0) is 24.8 Å². The highest BCUT2D eigenvalue weighted by Gasteiger charge is 2.21. The van der Waals surface area contributed by atoms with E-state index in [0.717, 1.165) is 36.1 Å². The molecule has 1 aliphatic rings. The summed E-state index contributed by atoms with van der Waals surface area (Å²) in [4.78, 5) is 0.976. The molecule has 0 saturated heterocycles. The van der Waals surface area contributed by atoms with Crippen molar-refractivity contribution in [3.05, 3.63) is 21.9 Å². The van der Waals surface area contributed by atoms with E-state index in [1.165, 1.54) is 17.8 Å². The summed E-state index contributed by atoms with van der Waals surface area (Å²) >= 11 is 1.52. The van der Waals surface area contributed by atoms with Gasteiger partial charge in [0.1, 0.15) is 0 Å². The van der Waals surface area contributed by atoms with Gasteiger partial charge in [-0.1, -0.05) is 31.1 Å². The molecule has 1 heterocycles. The summed E-state index contributed by atoms with van der Waals surface area (Å²) in [5, 5.41) is 1.92. The third-order valence-electron chi connectivity index (χ3n) is 3.63. The van der Waals surface area contributed by atoms with Crippen LogP contribution in [0.5, 0.6) is 0 Å². The molecule has 3 N–H and O–H groups in total. The molecule has 1 aromatic heterocycles. The van der Waals surface area contributed by atoms with Gasteiger partial charge in [-0.25, -0.2) is 13.1 Å². The summed E-state index contributed by atoms with van der Waals surface area (Å²) in [5.41, 5.74) is 6.22. The van der Waals surface area contributed by atoms with E-state index in [2.05, 4.69) is 16.6 Å². The van der Waals surface area contributed by atoms with Gasteiger partial charge in [0.05, 0.1) is 12.3 Å². The highest BCUT2D eigenvalue weighted by molar-refractivity contribution is 7.89. The number of nitrogens with two attached hydrogens (primary N) is 1. The van der Waals surface area contributed by atoms with Crippen LogP contribution in [0.4, 0.5) is 0 Å². The molecule has 0 aliphatic heterocycles. The van der Waals surface area contributed by atoms with Gasteiger partial charge in [-0.2, -0.15) is 0 Å². The van der Waals surface area contributed by atoms with Crippen LogP contribution < -0.4 is 10.5 Å². The lowest BCUT2D eigenvalue weighted by Gasteiger charge is -2.21. The summed E-state index contributed by atoms with van der Waals surface area (Å²) in [7, 11) is -3.19. The van der Waals surface area contributed by atoms with Crippen molar-refractivity contribution in [3.8, 4) is 11.8 Å². The topological polar surface area (TPSA) is 72.2 Å². The first-order chi connectivity index (χ1) is 10.1. The Kier molecular flexibility index (Phi) is 6.24. The SMILES string of the molecule is NCC#Cc1csc(CNS(=O)(=O)CC2CCCCC2)c1. The number of nitrogens with one attached hydrogen (secondary N) is 1. The third-order valence-corrected chi connectivity index (χ3v) is 6.07. The van der Waals surface area contributed by atoms with Crippen LogP contribution in [-0.2, 0) is 16.6 Å². The van der Waals surface area contributed by atoms with Crippen molar-refractivity contribution in [2.75, 3.05) is 12.3 Å². The second kappa shape index (κ2) is 7.95. The van der Waals surface area contributed by atoms with Gasteiger partial charge in [0.2, 0.25) is 10.0 Å². The minimum absolute atomic E-state index is 0.262. The van der Waals surface area contributed by atoms with Crippen LogP contribution >= 0.6 is 11.3 Å². The van der Waals surface area contributed by atoms with E-state index in [1.54, 1.807) is 0 Å². The predicted molar refractivity (Wildman–Crippen MR) is 87.5 cm³/mol. The molecule has 0 aromatic carbocycles. The molecule has 0 atom stereocenters. The Balaban J connectivity index is 1.84. The smallest absolute Gasteiger partial charge is 0.212 e. The van der Waals surface area contributed by atoms with Crippen LogP contribution in [0.3, 0.4) is 0 Å². The lowest BCUT2D eigenvalue weighted by Crippen LogP contribution is -2.30. The van der Waals surface area contributed by atoms with E-state index in [9.17, 15) is 8.42 Å². The van der Waals surface area contributed by atoms with Crippen LogP contribution in [0.1, 0.15) is 42.5 Å². The van der Waals surface area contributed by atoms with Crippen LogP contribution in [0.25, 0.3) is 0 Å². The average Bonchev–Trinajstić information content (AvgIpc) is 2.92. The fourth-order valence-corrected chi connectivity index (χ4v) is 4.89. The molecule has 2 rings (SSSR count). The van der Waals surface area contributed by atoms with Gasteiger partial charge in [-0.3, -0.25) is 0 Å². The van der Waals surface area contributed by atoms with E-state index >= 15 is 0 Å². The van der Waals surface area contributed by atoms with Crippen molar-refractivity contribution in [3.63, 3.8) is 0 Å². The summed E-state index contributed by atoms with van der Waals surface area (Å²) in [6, 6.07) is 1.91. The minimum atomic E-state index is -3.19. The lowest BCUT2D eigenvalue weighted by molar-refractivity contribution is 0.384. The normalized spacial score (nSPS) is 16.4. The fraction of sp³-hybridized carbons (Fsp3) is 0.600. The molecule has 0 spiro atoms. The monoisotopic (exact) mass is 326 g/mol. The van der Waals surface area contributed by atoms with Crippen LogP contribution in [0, 0.1) is 17.8 Å². The highest BCUT2D eigenvalue weighted by Crippen LogP contribution is 2.24. The van der Waals surface area contributed by atoms with E-state index in [0.29, 0.717) is 19.0 Å². The van der Waals surface area contributed by atoms with Crippen molar-refractivity contribution in [2.45, 2.75) is 38.6 Å². The molecule has 116 valence electrons. The van der Waals surface area contributed by atoms with Crippen molar-refractivity contribution in [1.82, 2.24) is 4.72 Å². The zero-order valence-electron chi connectivity index (χ0n) is 12.1. The zero-order valence-corrected chi connectivity index (χ0v) is 13.7. The summed E-state index contributed by atoms with van der Waals surface area (Å²) in [6.07, 6.45) is 5.64. The van der Waals surface area contributed by atoms with Crippen LogP contribution in [-0.4, -0.2) is 20.7 Å². The first-order valence-electron chi connectivity index (χ1n) is 7.33. The first kappa shape index (κ1) is 16.5. The van der Waals surface area contributed by atoms with E-state index in [1.807, 2.05) is 11.4 Å². The number of hydrogen-bond acceptors (Lipinski definition) is 4. The Morgan fingerprint density at radius 2 is 2.10 bits per heavy atom. The summed E-state index contributed by atoms with van der Waals surface area (Å²) in [5.74, 6) is 6.32. The molecule has 21 heavy (non-hydrogen) atoms. The Morgan fingerprint density at radius 1 is 1.33 bits per heavy atom. The maximum Gasteiger partial charge on any atom is 0.212 e. The Bertz CT molecular complexity index is 605. The van der Waals surface area contributed by atoms with E-state index in [4.69, 9.17) is 5.73 Å².